The van der Waals surface area contributed by atoms with Gasteiger partial charge < -0.3 is 5.32 Å². The maximum absolute atomic E-state index is 13.6. The van der Waals surface area contributed by atoms with Gasteiger partial charge in [-0.05, 0) is 49.2 Å². The highest BCUT2D eigenvalue weighted by Gasteiger charge is 2.12. The number of hydrogen-bond acceptors (Lipinski definition) is 1. The molecule has 4 heteroatoms. The molecule has 2 aromatic carbocycles. The average Bonchev–Trinajstić information content (AvgIpc) is 2.43. The molecule has 0 aliphatic rings. The molecule has 0 saturated heterocycles. The van der Waals surface area contributed by atoms with Crippen LogP contribution in [0.1, 0.15) is 11.1 Å². The second-order valence-electron chi connectivity index (χ2n) is 4.76. The van der Waals surface area contributed by atoms with E-state index < -0.39 is 11.6 Å². The molecule has 106 valence electrons. The minimum atomic E-state index is -0.578. The maximum Gasteiger partial charge on any atom is 0.129 e. The SMILES string of the molecule is CNC(Cc1ccc(F)cc1)Cc1ccc(F)cc1F. The van der Waals surface area contributed by atoms with Crippen LogP contribution in [0.5, 0.6) is 0 Å². The molecule has 1 N–H and O–H groups in total. The van der Waals surface area contributed by atoms with Crippen LogP contribution in [0.2, 0.25) is 0 Å². The Morgan fingerprint density at radius 2 is 1.55 bits per heavy atom. The van der Waals surface area contributed by atoms with E-state index in [2.05, 4.69) is 5.32 Å². The van der Waals surface area contributed by atoms with E-state index in [4.69, 9.17) is 0 Å². The highest BCUT2D eigenvalue weighted by atomic mass is 19.1. The lowest BCUT2D eigenvalue weighted by molar-refractivity contribution is 0.524. The number of likely N-dealkylation sites (N-methyl/N-ethyl adjacent to an activating group) is 1. The summed E-state index contributed by atoms with van der Waals surface area (Å²) in [4.78, 5) is 0. The third-order valence-electron chi connectivity index (χ3n) is 3.29. The Labute approximate surface area is 116 Å². The second kappa shape index (κ2) is 6.57. The minimum absolute atomic E-state index is 0.000391. The van der Waals surface area contributed by atoms with Gasteiger partial charge in [0.05, 0.1) is 0 Å². The quantitative estimate of drug-likeness (QED) is 0.883. The Morgan fingerprint density at radius 3 is 2.15 bits per heavy atom. The number of rotatable bonds is 5. The van der Waals surface area contributed by atoms with E-state index in [-0.39, 0.29) is 11.9 Å². The number of hydrogen-bond donors (Lipinski definition) is 1. The highest BCUT2D eigenvalue weighted by Crippen LogP contribution is 2.14. The highest BCUT2D eigenvalue weighted by molar-refractivity contribution is 5.22. The van der Waals surface area contributed by atoms with Gasteiger partial charge in [0.25, 0.3) is 0 Å². The van der Waals surface area contributed by atoms with E-state index in [0.717, 1.165) is 11.6 Å². The Kier molecular flexibility index (Phi) is 4.79. The summed E-state index contributed by atoms with van der Waals surface area (Å²) < 4.78 is 39.3. The van der Waals surface area contributed by atoms with Crippen LogP contribution in [0.15, 0.2) is 42.5 Å². The summed E-state index contributed by atoms with van der Waals surface area (Å²) in [7, 11) is 1.79. The summed E-state index contributed by atoms with van der Waals surface area (Å²) in [6, 6.07) is 9.82. The monoisotopic (exact) mass is 279 g/mol. The van der Waals surface area contributed by atoms with E-state index in [1.54, 1.807) is 19.2 Å². The largest absolute Gasteiger partial charge is 0.316 e. The van der Waals surface area contributed by atoms with Gasteiger partial charge in [-0.25, -0.2) is 13.2 Å². The zero-order chi connectivity index (χ0) is 14.5. The molecule has 0 saturated carbocycles. The van der Waals surface area contributed by atoms with Crippen molar-refractivity contribution >= 4 is 0 Å². The Balaban J connectivity index is 2.07. The summed E-state index contributed by atoms with van der Waals surface area (Å²) in [5, 5.41) is 3.10. The number of halogens is 3. The fraction of sp³-hybridized carbons (Fsp3) is 0.250. The van der Waals surface area contributed by atoms with Gasteiger partial charge in [-0.2, -0.15) is 0 Å². The van der Waals surface area contributed by atoms with Crippen molar-refractivity contribution < 1.29 is 13.2 Å². The molecule has 1 nitrogen and oxygen atoms in total. The Hall–Kier alpha value is -1.81. The molecule has 0 aliphatic heterocycles. The van der Waals surface area contributed by atoms with E-state index in [0.29, 0.717) is 18.4 Å². The molecule has 0 fully saturated rings. The van der Waals surface area contributed by atoms with Crippen molar-refractivity contribution in [1.29, 1.82) is 0 Å². The van der Waals surface area contributed by atoms with Crippen molar-refractivity contribution in [3.8, 4) is 0 Å². The fourth-order valence-electron chi connectivity index (χ4n) is 2.13. The second-order valence-corrected chi connectivity index (χ2v) is 4.76. The molecular weight excluding hydrogens is 263 g/mol. The molecule has 2 aromatic rings. The van der Waals surface area contributed by atoms with E-state index in [1.165, 1.54) is 24.3 Å². The van der Waals surface area contributed by atoms with Crippen LogP contribution in [0, 0.1) is 17.5 Å². The molecule has 0 radical (unpaired) electrons. The van der Waals surface area contributed by atoms with Crippen LogP contribution in [0.4, 0.5) is 13.2 Å². The average molecular weight is 279 g/mol. The van der Waals surface area contributed by atoms with Gasteiger partial charge in [-0.15, -0.1) is 0 Å². The lowest BCUT2D eigenvalue weighted by Crippen LogP contribution is -2.30. The molecular formula is C16H16F3N. The van der Waals surface area contributed by atoms with Gasteiger partial charge in [0.15, 0.2) is 0 Å². The third kappa shape index (κ3) is 3.84. The van der Waals surface area contributed by atoms with Crippen LogP contribution in [-0.4, -0.2) is 13.1 Å². The van der Waals surface area contributed by atoms with Crippen LogP contribution in [0.3, 0.4) is 0 Å². The van der Waals surface area contributed by atoms with Gasteiger partial charge in [-0.3, -0.25) is 0 Å². The topological polar surface area (TPSA) is 12.0 Å². The van der Waals surface area contributed by atoms with Crippen molar-refractivity contribution in [2.75, 3.05) is 7.05 Å². The van der Waals surface area contributed by atoms with E-state index in [9.17, 15) is 13.2 Å². The smallest absolute Gasteiger partial charge is 0.129 e. The third-order valence-corrected chi connectivity index (χ3v) is 3.29. The van der Waals surface area contributed by atoms with Crippen molar-refractivity contribution in [3.05, 3.63) is 71.0 Å². The zero-order valence-electron chi connectivity index (χ0n) is 11.2. The van der Waals surface area contributed by atoms with Gasteiger partial charge in [-0.1, -0.05) is 18.2 Å². The van der Waals surface area contributed by atoms with E-state index in [1.807, 2.05) is 0 Å². The fourth-order valence-corrected chi connectivity index (χ4v) is 2.13. The van der Waals surface area contributed by atoms with Gasteiger partial charge in [0, 0.05) is 12.1 Å². The normalized spacial score (nSPS) is 12.4. The van der Waals surface area contributed by atoms with Crippen LogP contribution < -0.4 is 5.32 Å². The molecule has 2 rings (SSSR count). The van der Waals surface area contributed by atoms with Crippen molar-refractivity contribution in [2.24, 2.45) is 0 Å². The van der Waals surface area contributed by atoms with Crippen LogP contribution in [-0.2, 0) is 12.8 Å². The first-order valence-corrected chi connectivity index (χ1v) is 6.44. The van der Waals surface area contributed by atoms with Gasteiger partial charge >= 0.3 is 0 Å². The van der Waals surface area contributed by atoms with Crippen LogP contribution >= 0.6 is 0 Å². The van der Waals surface area contributed by atoms with Crippen molar-refractivity contribution in [1.82, 2.24) is 5.32 Å². The predicted octanol–water partition coefficient (Wildman–Crippen LogP) is 3.48. The first-order chi connectivity index (χ1) is 9.58. The molecule has 1 unspecified atom stereocenters. The minimum Gasteiger partial charge on any atom is -0.316 e. The molecule has 0 bridgehead atoms. The predicted molar refractivity (Wildman–Crippen MR) is 73.0 cm³/mol. The lowest BCUT2D eigenvalue weighted by atomic mass is 9.99. The van der Waals surface area contributed by atoms with Crippen molar-refractivity contribution in [2.45, 2.75) is 18.9 Å². The molecule has 0 heterocycles. The number of nitrogens with one attached hydrogen (secondary N) is 1. The summed E-state index contributed by atoms with van der Waals surface area (Å²) in [5.41, 5.74) is 1.43. The summed E-state index contributed by atoms with van der Waals surface area (Å²) in [5.74, 6) is -1.39. The molecule has 20 heavy (non-hydrogen) atoms. The van der Waals surface area contributed by atoms with E-state index >= 15 is 0 Å². The Morgan fingerprint density at radius 1 is 0.900 bits per heavy atom. The zero-order valence-corrected chi connectivity index (χ0v) is 11.2. The first-order valence-electron chi connectivity index (χ1n) is 6.44. The first kappa shape index (κ1) is 14.6. The summed E-state index contributed by atoms with van der Waals surface area (Å²) in [6.45, 7) is 0. The summed E-state index contributed by atoms with van der Waals surface area (Å²) >= 11 is 0. The molecule has 0 aromatic heterocycles. The summed E-state index contributed by atoms with van der Waals surface area (Å²) in [6.07, 6.45) is 1.09. The van der Waals surface area contributed by atoms with Crippen LogP contribution in [0.25, 0.3) is 0 Å². The molecule has 0 spiro atoms. The van der Waals surface area contributed by atoms with Gasteiger partial charge in [0.2, 0.25) is 0 Å². The maximum atomic E-state index is 13.6. The van der Waals surface area contributed by atoms with Crippen molar-refractivity contribution in [3.63, 3.8) is 0 Å². The number of benzene rings is 2. The molecule has 0 aliphatic carbocycles. The van der Waals surface area contributed by atoms with Gasteiger partial charge in [0.1, 0.15) is 17.5 Å². The molecule has 0 amide bonds. The Bertz CT molecular complexity index is 566. The standard InChI is InChI=1S/C16H16F3N/c1-20-15(8-11-2-5-13(17)6-3-11)9-12-4-7-14(18)10-16(12)19/h2-7,10,15,20H,8-9H2,1H3. The molecule has 1 atom stereocenters. The lowest BCUT2D eigenvalue weighted by Gasteiger charge is -2.17.